The van der Waals surface area contributed by atoms with E-state index in [2.05, 4.69) is 15.1 Å². The first-order valence-electron chi connectivity index (χ1n) is 3.60. The van der Waals surface area contributed by atoms with Crippen molar-refractivity contribution in [2.45, 2.75) is 6.92 Å². The van der Waals surface area contributed by atoms with Crippen molar-refractivity contribution in [3.05, 3.63) is 23.2 Å². The smallest absolute Gasteiger partial charge is 0.425 e. The van der Waals surface area contributed by atoms with E-state index >= 15 is 0 Å². The zero-order valence-corrected chi connectivity index (χ0v) is 7.99. The summed E-state index contributed by atoms with van der Waals surface area (Å²) in [5, 5.41) is 12.0. The lowest BCUT2D eigenvalue weighted by molar-refractivity contribution is 0.195. The van der Waals surface area contributed by atoms with Crippen LogP contribution < -0.4 is 5.43 Å². The lowest BCUT2D eigenvalue weighted by Crippen LogP contribution is -2.16. The summed E-state index contributed by atoms with van der Waals surface area (Å²) in [6.07, 6.45) is 1.69. The number of hydrogen-bond acceptors (Lipinski definition) is 4. The predicted octanol–water partition coefficient (Wildman–Crippen LogP) is 1.12. The van der Waals surface area contributed by atoms with Crippen LogP contribution in [-0.4, -0.2) is 26.9 Å². The summed E-state index contributed by atoms with van der Waals surface area (Å²) in [6.45, 7) is 1.63. The highest BCUT2D eigenvalue weighted by Crippen LogP contribution is 2.01. The summed E-state index contributed by atoms with van der Waals surface area (Å²) in [5.74, 6) is 0. The summed E-state index contributed by atoms with van der Waals surface area (Å²) in [4.78, 5) is 17.6. The number of rotatable bonds is 2. The minimum Gasteiger partial charge on any atom is -0.464 e. The van der Waals surface area contributed by atoms with Crippen LogP contribution in [0.4, 0.5) is 4.79 Å². The second-order valence-corrected chi connectivity index (χ2v) is 2.69. The van der Waals surface area contributed by atoms with Crippen LogP contribution in [-0.2, 0) is 0 Å². The Morgan fingerprint density at radius 1 is 1.57 bits per heavy atom. The highest BCUT2D eigenvalue weighted by Gasteiger charge is 1.99. The first-order chi connectivity index (χ1) is 6.59. The number of amides is 1. The van der Waals surface area contributed by atoms with E-state index < -0.39 is 6.09 Å². The lowest BCUT2D eigenvalue weighted by Gasteiger charge is -1.98. The van der Waals surface area contributed by atoms with Gasteiger partial charge in [-0.05, 0) is 18.5 Å². The molecule has 74 valence electrons. The minimum atomic E-state index is -1.22. The Kier molecular flexibility index (Phi) is 3.35. The molecule has 0 bridgehead atoms. The van der Waals surface area contributed by atoms with Crippen molar-refractivity contribution < 1.29 is 9.90 Å². The Hall–Kier alpha value is -1.69. The molecule has 0 radical (unpaired) electrons. The van der Waals surface area contributed by atoms with Gasteiger partial charge in [-0.25, -0.2) is 20.2 Å². The first kappa shape index (κ1) is 10.4. The molecule has 7 heteroatoms. The molecule has 0 saturated heterocycles. The van der Waals surface area contributed by atoms with E-state index in [9.17, 15) is 4.79 Å². The van der Waals surface area contributed by atoms with Crippen molar-refractivity contribution in [1.82, 2.24) is 15.4 Å². The van der Waals surface area contributed by atoms with Crippen molar-refractivity contribution >= 4 is 23.4 Å². The maximum Gasteiger partial charge on any atom is 0.425 e. The van der Waals surface area contributed by atoms with E-state index in [1.54, 1.807) is 6.92 Å². The summed E-state index contributed by atoms with van der Waals surface area (Å²) < 4.78 is 0. The van der Waals surface area contributed by atoms with Crippen LogP contribution in [0.1, 0.15) is 12.5 Å². The Morgan fingerprint density at radius 2 is 2.14 bits per heavy atom. The highest BCUT2D eigenvalue weighted by molar-refractivity contribution is 6.28. The van der Waals surface area contributed by atoms with E-state index in [1.807, 2.05) is 5.43 Å². The second-order valence-electron chi connectivity index (χ2n) is 2.35. The maximum atomic E-state index is 10.1. The van der Waals surface area contributed by atoms with Gasteiger partial charge in [0.15, 0.2) is 0 Å². The number of halogens is 1. The number of aromatic nitrogens is 2. The molecule has 2 N–H and O–H groups in total. The van der Waals surface area contributed by atoms with Gasteiger partial charge in [0, 0.05) is 18.0 Å². The van der Waals surface area contributed by atoms with Gasteiger partial charge < -0.3 is 5.11 Å². The maximum absolute atomic E-state index is 10.1. The zero-order chi connectivity index (χ0) is 10.6. The normalized spacial score (nSPS) is 11.1. The third-order valence-corrected chi connectivity index (χ3v) is 1.55. The van der Waals surface area contributed by atoms with Crippen LogP contribution in [0, 0.1) is 0 Å². The fraction of sp³-hybridized carbons (Fsp3) is 0.143. The third kappa shape index (κ3) is 2.98. The van der Waals surface area contributed by atoms with Gasteiger partial charge in [0.2, 0.25) is 5.28 Å². The van der Waals surface area contributed by atoms with Gasteiger partial charge in [0.1, 0.15) is 0 Å². The first-order valence-corrected chi connectivity index (χ1v) is 3.98. The molecule has 14 heavy (non-hydrogen) atoms. The topological polar surface area (TPSA) is 87.5 Å². The van der Waals surface area contributed by atoms with E-state index in [-0.39, 0.29) is 5.28 Å². The van der Waals surface area contributed by atoms with Gasteiger partial charge in [0.25, 0.3) is 0 Å². The molecule has 0 spiro atoms. The van der Waals surface area contributed by atoms with Crippen LogP contribution in [0.5, 0.6) is 0 Å². The van der Waals surface area contributed by atoms with E-state index in [4.69, 9.17) is 16.7 Å². The third-order valence-electron chi connectivity index (χ3n) is 1.36. The molecule has 0 saturated carbocycles. The lowest BCUT2D eigenvalue weighted by atomic mass is 10.2. The molecule has 1 heterocycles. The molecule has 1 amide bonds. The molecule has 6 nitrogen and oxygen atoms in total. The number of hydrogen-bond donors (Lipinski definition) is 2. The molecule has 1 aromatic heterocycles. The van der Waals surface area contributed by atoms with Gasteiger partial charge in [0.05, 0.1) is 5.71 Å². The van der Waals surface area contributed by atoms with Crippen LogP contribution >= 0.6 is 11.6 Å². The van der Waals surface area contributed by atoms with Crippen LogP contribution in [0.2, 0.25) is 5.28 Å². The van der Waals surface area contributed by atoms with Crippen molar-refractivity contribution in [3.63, 3.8) is 0 Å². The van der Waals surface area contributed by atoms with Crippen molar-refractivity contribution in [2.24, 2.45) is 5.10 Å². The molecule has 0 aromatic carbocycles. The number of nitrogens with one attached hydrogen (secondary N) is 1. The zero-order valence-electron chi connectivity index (χ0n) is 7.23. The van der Waals surface area contributed by atoms with Gasteiger partial charge in [-0.15, -0.1) is 0 Å². The molecule has 0 unspecified atom stereocenters. The fourth-order valence-electron chi connectivity index (χ4n) is 0.695. The molecule has 1 rings (SSSR count). The van der Waals surface area contributed by atoms with Crippen molar-refractivity contribution in [1.29, 1.82) is 0 Å². The average molecular weight is 215 g/mol. The molecule has 0 aliphatic carbocycles. The van der Waals surface area contributed by atoms with Crippen LogP contribution in [0.25, 0.3) is 0 Å². The Labute approximate surface area is 84.6 Å². The molecule has 0 atom stereocenters. The molecule has 0 fully saturated rings. The number of hydrazone groups is 1. The Morgan fingerprint density at radius 3 is 2.64 bits per heavy atom. The van der Waals surface area contributed by atoms with Gasteiger partial charge in [-0.3, -0.25) is 0 Å². The molecule has 1 aromatic rings. The molecule has 0 aliphatic heterocycles. The standard InChI is InChI=1S/C7H7ClN4O2/c1-4(11-12-7(13)14)5-2-9-6(8)10-3-5/h2-3,12H,1H3,(H,13,14). The van der Waals surface area contributed by atoms with Gasteiger partial charge >= 0.3 is 6.09 Å². The largest absolute Gasteiger partial charge is 0.464 e. The second kappa shape index (κ2) is 4.52. The average Bonchev–Trinajstić information content (AvgIpc) is 2.15. The number of carboxylic acid groups (broad SMARTS) is 1. The number of nitrogens with zero attached hydrogens (tertiary/aromatic N) is 3. The molecular formula is C7H7ClN4O2. The van der Waals surface area contributed by atoms with Gasteiger partial charge in [-0.1, -0.05) is 0 Å². The SMILES string of the molecule is CC(=NNC(=O)O)c1cnc(Cl)nc1. The fourth-order valence-corrected chi connectivity index (χ4v) is 0.793. The van der Waals surface area contributed by atoms with Crippen molar-refractivity contribution in [2.75, 3.05) is 0 Å². The van der Waals surface area contributed by atoms with E-state index in [0.29, 0.717) is 11.3 Å². The summed E-state index contributed by atoms with van der Waals surface area (Å²) >= 11 is 5.47. The van der Waals surface area contributed by atoms with Gasteiger partial charge in [-0.2, -0.15) is 5.10 Å². The summed E-state index contributed by atoms with van der Waals surface area (Å²) in [6, 6.07) is 0. The van der Waals surface area contributed by atoms with E-state index in [1.165, 1.54) is 12.4 Å². The Bertz CT molecular complexity index is 362. The van der Waals surface area contributed by atoms with Crippen LogP contribution in [0.15, 0.2) is 17.5 Å². The minimum absolute atomic E-state index is 0.132. The predicted molar refractivity (Wildman–Crippen MR) is 50.4 cm³/mol. The molecular weight excluding hydrogens is 208 g/mol. The Balaban J connectivity index is 2.78. The van der Waals surface area contributed by atoms with Crippen LogP contribution in [0.3, 0.4) is 0 Å². The van der Waals surface area contributed by atoms with Crippen molar-refractivity contribution in [3.8, 4) is 0 Å². The quantitative estimate of drug-likeness (QED) is 0.439. The summed E-state index contributed by atoms with van der Waals surface area (Å²) in [5.41, 5.74) is 2.94. The molecule has 0 aliphatic rings. The van der Waals surface area contributed by atoms with E-state index in [0.717, 1.165) is 0 Å². The highest BCUT2D eigenvalue weighted by atomic mass is 35.5. The number of carbonyl (C=O) groups is 1. The monoisotopic (exact) mass is 214 g/mol. The summed E-state index contributed by atoms with van der Waals surface area (Å²) in [7, 11) is 0.